The quantitative estimate of drug-likeness (QED) is 0.845. The number of carbonyl (C=O) groups excluding carboxylic acids is 2. The Labute approximate surface area is 156 Å². The molecule has 140 valence electrons. The maximum atomic E-state index is 12.6. The highest BCUT2D eigenvalue weighted by Gasteiger charge is 2.42. The molecule has 1 aliphatic rings. The number of carboxylic acids is 1. The second-order valence-electron chi connectivity index (χ2n) is 6.25. The molecule has 0 heterocycles. The van der Waals surface area contributed by atoms with Crippen LogP contribution in [0.15, 0.2) is 48.5 Å². The molecule has 7 heteroatoms. The fraction of sp³-hybridized carbons (Fsp3) is 0.250. The second-order valence-corrected chi connectivity index (χ2v) is 6.25. The summed E-state index contributed by atoms with van der Waals surface area (Å²) in [5.74, 6) is -1.60. The first-order chi connectivity index (χ1) is 13.0. The van der Waals surface area contributed by atoms with Gasteiger partial charge in [0.15, 0.2) is 6.04 Å². The summed E-state index contributed by atoms with van der Waals surface area (Å²) in [6.07, 6.45) is -0.774. The Morgan fingerprint density at radius 3 is 2.04 bits per heavy atom. The maximum Gasteiger partial charge on any atom is 0.411 e. The maximum absolute atomic E-state index is 12.6. The van der Waals surface area contributed by atoms with E-state index in [9.17, 15) is 19.5 Å². The zero-order valence-electron chi connectivity index (χ0n) is 15.0. The van der Waals surface area contributed by atoms with E-state index in [1.165, 1.54) is 18.9 Å². The van der Waals surface area contributed by atoms with Crippen molar-refractivity contribution in [3.05, 3.63) is 59.7 Å². The minimum atomic E-state index is -1.29. The highest BCUT2D eigenvalue weighted by atomic mass is 16.5. The fourth-order valence-corrected chi connectivity index (χ4v) is 3.49. The van der Waals surface area contributed by atoms with Crippen molar-refractivity contribution in [2.45, 2.75) is 19.0 Å². The predicted molar refractivity (Wildman–Crippen MR) is 98.1 cm³/mol. The van der Waals surface area contributed by atoms with Gasteiger partial charge in [0.1, 0.15) is 0 Å². The number of nitrogens with one attached hydrogen (secondary N) is 1. The van der Waals surface area contributed by atoms with Crippen LogP contribution in [-0.2, 0) is 14.3 Å². The largest absolute Gasteiger partial charge is 0.480 e. The van der Waals surface area contributed by atoms with Crippen LogP contribution >= 0.6 is 0 Å². The van der Waals surface area contributed by atoms with Gasteiger partial charge in [0.25, 0.3) is 0 Å². The lowest BCUT2D eigenvalue weighted by Crippen LogP contribution is -2.52. The van der Waals surface area contributed by atoms with Crippen LogP contribution in [0.25, 0.3) is 11.1 Å². The number of carbonyl (C=O) groups is 3. The highest BCUT2D eigenvalue weighted by molar-refractivity contribution is 5.85. The standard InChI is InChI=1S/C20H20N2O5/c1-12(23)21-11-17(19(24)25)22(20(26)27-2)18-15-9-5-3-7-13(15)14-8-4-6-10-16(14)18/h3-10,17-18H,11H2,1-2H3,(H,21,23)(H,24,25). The average Bonchev–Trinajstić information content (AvgIpc) is 2.98. The molecule has 0 aromatic heterocycles. The molecule has 0 fully saturated rings. The van der Waals surface area contributed by atoms with Crippen LogP contribution in [0.4, 0.5) is 4.79 Å². The van der Waals surface area contributed by atoms with Crippen LogP contribution in [0.3, 0.4) is 0 Å². The van der Waals surface area contributed by atoms with Crippen LogP contribution in [0.2, 0.25) is 0 Å². The number of ether oxygens (including phenoxy) is 1. The fourth-order valence-electron chi connectivity index (χ4n) is 3.49. The number of hydrogen-bond donors (Lipinski definition) is 2. The van der Waals surface area contributed by atoms with E-state index in [1.54, 1.807) is 0 Å². The minimum absolute atomic E-state index is 0.222. The summed E-state index contributed by atoms with van der Waals surface area (Å²) in [6, 6.07) is 13.2. The molecular weight excluding hydrogens is 348 g/mol. The van der Waals surface area contributed by atoms with E-state index in [4.69, 9.17) is 4.74 Å². The minimum Gasteiger partial charge on any atom is -0.480 e. The van der Waals surface area contributed by atoms with Gasteiger partial charge in [0, 0.05) is 13.5 Å². The molecule has 1 unspecified atom stereocenters. The van der Waals surface area contributed by atoms with E-state index >= 15 is 0 Å². The van der Waals surface area contributed by atoms with Crippen molar-refractivity contribution >= 4 is 18.0 Å². The van der Waals surface area contributed by atoms with E-state index in [0.29, 0.717) is 0 Å². The van der Waals surface area contributed by atoms with Crippen LogP contribution in [-0.4, -0.2) is 47.7 Å². The van der Waals surface area contributed by atoms with E-state index in [2.05, 4.69) is 5.32 Å². The van der Waals surface area contributed by atoms with Gasteiger partial charge in [-0.15, -0.1) is 0 Å². The second kappa shape index (κ2) is 7.49. The number of benzene rings is 2. The number of methoxy groups -OCH3 is 1. The molecule has 0 saturated carbocycles. The molecule has 2 aromatic carbocycles. The molecule has 0 aliphatic heterocycles. The Morgan fingerprint density at radius 1 is 1.07 bits per heavy atom. The molecule has 0 bridgehead atoms. The summed E-state index contributed by atoms with van der Waals surface area (Å²) in [5.41, 5.74) is 3.52. The molecule has 7 nitrogen and oxygen atoms in total. The molecule has 27 heavy (non-hydrogen) atoms. The zero-order chi connectivity index (χ0) is 19.6. The molecule has 2 N–H and O–H groups in total. The number of carboxylic acid groups (broad SMARTS) is 1. The van der Waals surface area contributed by atoms with Crippen LogP contribution in [0, 0.1) is 0 Å². The summed E-state index contributed by atoms with van der Waals surface area (Å²) in [4.78, 5) is 37.1. The Bertz CT molecular complexity index is 850. The molecular formula is C20H20N2O5. The lowest BCUT2D eigenvalue weighted by atomic mass is 10.0. The van der Waals surface area contributed by atoms with Crippen LogP contribution < -0.4 is 5.32 Å². The molecule has 1 atom stereocenters. The van der Waals surface area contributed by atoms with Crippen molar-refractivity contribution in [3.63, 3.8) is 0 Å². The van der Waals surface area contributed by atoms with Crippen LogP contribution in [0.5, 0.6) is 0 Å². The number of amides is 2. The van der Waals surface area contributed by atoms with Gasteiger partial charge in [-0.2, -0.15) is 0 Å². The van der Waals surface area contributed by atoms with E-state index in [1.807, 2.05) is 48.5 Å². The van der Waals surface area contributed by atoms with Gasteiger partial charge in [0.05, 0.1) is 13.2 Å². The van der Waals surface area contributed by atoms with Gasteiger partial charge in [-0.1, -0.05) is 48.5 Å². The third kappa shape index (κ3) is 3.36. The Kier molecular flexibility index (Phi) is 5.12. The van der Waals surface area contributed by atoms with Gasteiger partial charge in [-0.3, -0.25) is 9.69 Å². The number of fused-ring (bicyclic) bond motifs is 3. The molecule has 3 rings (SSSR count). The number of rotatable bonds is 5. The molecule has 0 spiro atoms. The summed E-state index contributed by atoms with van der Waals surface area (Å²) in [6.45, 7) is 1.07. The van der Waals surface area contributed by atoms with Gasteiger partial charge < -0.3 is 15.2 Å². The summed E-state index contributed by atoms with van der Waals surface area (Å²) < 4.78 is 4.90. The summed E-state index contributed by atoms with van der Waals surface area (Å²) >= 11 is 0. The number of hydrogen-bond acceptors (Lipinski definition) is 4. The number of aliphatic carboxylic acids is 1. The lowest BCUT2D eigenvalue weighted by molar-refractivity contribution is -0.143. The van der Waals surface area contributed by atoms with Crippen molar-refractivity contribution in [2.75, 3.05) is 13.7 Å². The SMILES string of the molecule is COC(=O)N(C(CNC(C)=O)C(=O)O)C1c2ccccc2-c2ccccc21. The highest BCUT2D eigenvalue weighted by Crippen LogP contribution is 2.46. The predicted octanol–water partition coefficient (Wildman–Crippen LogP) is 2.41. The smallest absolute Gasteiger partial charge is 0.411 e. The Hall–Kier alpha value is -3.35. The third-order valence-corrected chi connectivity index (χ3v) is 4.63. The summed E-state index contributed by atoms with van der Waals surface area (Å²) in [5, 5.41) is 12.2. The first-order valence-corrected chi connectivity index (χ1v) is 8.47. The molecule has 0 saturated heterocycles. The normalized spacial score (nSPS) is 13.3. The van der Waals surface area contributed by atoms with Gasteiger partial charge >= 0.3 is 12.1 Å². The van der Waals surface area contributed by atoms with Gasteiger partial charge in [-0.25, -0.2) is 9.59 Å². The van der Waals surface area contributed by atoms with E-state index in [-0.39, 0.29) is 12.5 Å². The molecule has 1 aliphatic carbocycles. The van der Waals surface area contributed by atoms with Crippen molar-refractivity contribution in [2.24, 2.45) is 0 Å². The van der Waals surface area contributed by atoms with Crippen molar-refractivity contribution < 1.29 is 24.2 Å². The topological polar surface area (TPSA) is 95.9 Å². The van der Waals surface area contributed by atoms with Gasteiger partial charge in [-0.05, 0) is 22.3 Å². The van der Waals surface area contributed by atoms with E-state index in [0.717, 1.165) is 22.3 Å². The Balaban J connectivity index is 2.14. The van der Waals surface area contributed by atoms with Crippen molar-refractivity contribution in [1.82, 2.24) is 10.2 Å². The van der Waals surface area contributed by atoms with Gasteiger partial charge in [0.2, 0.25) is 5.91 Å². The molecule has 0 radical (unpaired) electrons. The van der Waals surface area contributed by atoms with Crippen molar-refractivity contribution in [1.29, 1.82) is 0 Å². The van der Waals surface area contributed by atoms with E-state index < -0.39 is 24.1 Å². The first kappa shape index (κ1) is 18.4. The first-order valence-electron chi connectivity index (χ1n) is 8.47. The zero-order valence-corrected chi connectivity index (χ0v) is 15.0. The summed E-state index contributed by atoms with van der Waals surface area (Å²) in [7, 11) is 1.21. The van der Waals surface area contributed by atoms with Crippen molar-refractivity contribution in [3.8, 4) is 11.1 Å². The molecule has 2 amide bonds. The lowest BCUT2D eigenvalue weighted by Gasteiger charge is -2.34. The average molecular weight is 368 g/mol. The van der Waals surface area contributed by atoms with Crippen LogP contribution in [0.1, 0.15) is 24.1 Å². The third-order valence-electron chi connectivity index (χ3n) is 4.63. The molecule has 2 aromatic rings. The number of nitrogens with zero attached hydrogens (tertiary/aromatic N) is 1. The monoisotopic (exact) mass is 368 g/mol. The Morgan fingerprint density at radius 2 is 1.59 bits per heavy atom.